The van der Waals surface area contributed by atoms with E-state index in [4.69, 9.17) is 9.84 Å². The zero-order valence-corrected chi connectivity index (χ0v) is 13.0. The molecule has 1 N–H and O–H groups in total. The van der Waals surface area contributed by atoms with E-state index in [0.29, 0.717) is 10.8 Å². The summed E-state index contributed by atoms with van der Waals surface area (Å²) < 4.78 is 11.0. The number of halogens is 1. The van der Waals surface area contributed by atoms with Gasteiger partial charge in [0.15, 0.2) is 0 Å². The van der Waals surface area contributed by atoms with Crippen LogP contribution in [-0.2, 0) is 0 Å². The zero-order chi connectivity index (χ0) is 14.1. The first-order valence-electron chi connectivity index (χ1n) is 5.70. The van der Waals surface area contributed by atoms with Crippen LogP contribution in [0.15, 0.2) is 42.5 Å². The third-order valence-corrected chi connectivity index (χ3v) is 4.38. The standard InChI is InChI=1S/C14H8INO3S/c15-10-6-5-8(13(17)18)7-12(10)19-14-9-3-1-2-4-11(9)16-20-14/h1-7H,(H,17,18). The lowest BCUT2D eigenvalue weighted by molar-refractivity contribution is 0.0696. The normalized spacial score (nSPS) is 10.7. The molecule has 4 nitrogen and oxygen atoms in total. The number of ether oxygens (including phenoxy) is 1. The fraction of sp³-hybridized carbons (Fsp3) is 0. The Bertz CT molecular complexity index is 800. The molecule has 0 aliphatic carbocycles. The lowest BCUT2D eigenvalue weighted by Gasteiger charge is -2.06. The van der Waals surface area contributed by atoms with E-state index >= 15 is 0 Å². The van der Waals surface area contributed by atoms with Gasteiger partial charge in [-0.25, -0.2) is 4.79 Å². The average Bonchev–Trinajstić information content (AvgIpc) is 2.84. The zero-order valence-electron chi connectivity index (χ0n) is 10.0. The number of carboxylic acid groups (broad SMARTS) is 1. The number of hydrogen-bond donors (Lipinski definition) is 1. The Hall–Kier alpha value is -1.67. The van der Waals surface area contributed by atoms with E-state index in [1.54, 1.807) is 12.1 Å². The van der Waals surface area contributed by atoms with Crippen LogP contribution in [0.1, 0.15) is 10.4 Å². The molecule has 0 bridgehead atoms. The first-order valence-corrected chi connectivity index (χ1v) is 7.55. The van der Waals surface area contributed by atoms with Crippen LogP contribution in [0.2, 0.25) is 0 Å². The van der Waals surface area contributed by atoms with Crippen molar-refractivity contribution < 1.29 is 14.6 Å². The molecule has 0 aliphatic rings. The average molecular weight is 397 g/mol. The van der Waals surface area contributed by atoms with E-state index in [-0.39, 0.29) is 5.56 Å². The monoisotopic (exact) mass is 397 g/mol. The molecule has 6 heteroatoms. The molecule has 0 saturated heterocycles. The molecule has 1 aromatic heterocycles. The molecular formula is C14H8INO3S. The molecule has 0 spiro atoms. The number of carboxylic acids is 1. The number of aromatic nitrogens is 1. The maximum absolute atomic E-state index is 11.0. The molecule has 0 amide bonds. The van der Waals surface area contributed by atoms with Gasteiger partial charge < -0.3 is 9.84 Å². The summed E-state index contributed by atoms with van der Waals surface area (Å²) in [6.07, 6.45) is 0. The number of carbonyl (C=O) groups is 1. The highest BCUT2D eigenvalue weighted by atomic mass is 127. The number of fused-ring (bicyclic) bond motifs is 1. The first-order chi connectivity index (χ1) is 9.65. The maximum Gasteiger partial charge on any atom is 0.335 e. The summed E-state index contributed by atoms with van der Waals surface area (Å²) in [5.41, 5.74) is 1.08. The van der Waals surface area contributed by atoms with Crippen LogP contribution >= 0.6 is 34.1 Å². The molecular weight excluding hydrogens is 389 g/mol. The highest BCUT2D eigenvalue weighted by Crippen LogP contribution is 2.35. The molecule has 1 heterocycles. The van der Waals surface area contributed by atoms with Gasteiger partial charge in [-0.15, -0.1) is 0 Å². The highest BCUT2D eigenvalue weighted by molar-refractivity contribution is 14.1. The SMILES string of the molecule is O=C(O)c1ccc(I)c(Oc2snc3ccccc23)c1. The van der Waals surface area contributed by atoms with Crippen LogP contribution in [-0.4, -0.2) is 15.4 Å². The van der Waals surface area contributed by atoms with Gasteiger partial charge in [-0.05, 0) is 52.9 Å². The Labute approximate surface area is 132 Å². The van der Waals surface area contributed by atoms with Crippen LogP contribution in [0.25, 0.3) is 10.9 Å². The van der Waals surface area contributed by atoms with Gasteiger partial charge >= 0.3 is 5.97 Å². The number of hydrogen-bond acceptors (Lipinski definition) is 4. The minimum absolute atomic E-state index is 0.203. The fourth-order valence-corrected chi connectivity index (χ4v) is 2.94. The van der Waals surface area contributed by atoms with Crippen molar-refractivity contribution in [3.8, 4) is 10.8 Å². The van der Waals surface area contributed by atoms with Gasteiger partial charge in [-0.2, -0.15) is 4.37 Å². The van der Waals surface area contributed by atoms with Crippen LogP contribution in [0.4, 0.5) is 0 Å². The number of aromatic carboxylic acids is 1. The molecule has 0 fully saturated rings. The van der Waals surface area contributed by atoms with Gasteiger partial charge in [0.25, 0.3) is 0 Å². The second-order valence-corrected chi connectivity index (χ2v) is 5.94. The number of benzene rings is 2. The summed E-state index contributed by atoms with van der Waals surface area (Å²) in [6, 6.07) is 12.5. The van der Waals surface area contributed by atoms with Crippen LogP contribution in [0.3, 0.4) is 0 Å². The summed E-state index contributed by atoms with van der Waals surface area (Å²) in [7, 11) is 0. The van der Waals surface area contributed by atoms with Crippen molar-refractivity contribution >= 4 is 51.0 Å². The van der Waals surface area contributed by atoms with Crippen molar-refractivity contribution in [2.75, 3.05) is 0 Å². The summed E-state index contributed by atoms with van der Waals surface area (Å²) >= 11 is 3.37. The molecule has 2 aromatic carbocycles. The van der Waals surface area contributed by atoms with Crippen molar-refractivity contribution in [3.63, 3.8) is 0 Å². The molecule has 0 atom stereocenters. The van der Waals surface area contributed by atoms with E-state index in [0.717, 1.165) is 14.5 Å². The highest BCUT2D eigenvalue weighted by Gasteiger charge is 2.12. The molecule has 20 heavy (non-hydrogen) atoms. The molecule has 0 aliphatic heterocycles. The largest absolute Gasteiger partial charge is 0.478 e. The third-order valence-electron chi connectivity index (χ3n) is 2.73. The van der Waals surface area contributed by atoms with E-state index in [2.05, 4.69) is 27.0 Å². The van der Waals surface area contributed by atoms with Crippen LogP contribution in [0.5, 0.6) is 10.8 Å². The van der Waals surface area contributed by atoms with Gasteiger partial charge in [-0.1, -0.05) is 12.1 Å². The summed E-state index contributed by atoms with van der Waals surface area (Å²) in [5, 5.41) is 10.6. The summed E-state index contributed by atoms with van der Waals surface area (Å²) in [4.78, 5) is 11.0. The maximum atomic E-state index is 11.0. The molecule has 3 aromatic rings. The Morgan fingerprint density at radius 1 is 1.25 bits per heavy atom. The topological polar surface area (TPSA) is 59.4 Å². The Kier molecular flexibility index (Phi) is 3.58. The van der Waals surface area contributed by atoms with Crippen molar-refractivity contribution in [2.24, 2.45) is 0 Å². The van der Waals surface area contributed by atoms with Gasteiger partial charge in [0.2, 0.25) is 5.06 Å². The van der Waals surface area contributed by atoms with E-state index in [9.17, 15) is 4.79 Å². The van der Waals surface area contributed by atoms with Gasteiger partial charge in [0.1, 0.15) is 5.75 Å². The van der Waals surface area contributed by atoms with E-state index < -0.39 is 5.97 Å². The summed E-state index contributed by atoms with van der Waals surface area (Å²) in [5.74, 6) is -0.444. The van der Waals surface area contributed by atoms with Crippen molar-refractivity contribution in [1.82, 2.24) is 4.37 Å². The fourth-order valence-electron chi connectivity index (χ4n) is 1.75. The molecule has 100 valence electrons. The lowest BCUT2D eigenvalue weighted by atomic mass is 10.2. The Morgan fingerprint density at radius 2 is 2.05 bits per heavy atom. The van der Waals surface area contributed by atoms with Gasteiger partial charge in [-0.3, -0.25) is 0 Å². The van der Waals surface area contributed by atoms with Crippen molar-refractivity contribution in [1.29, 1.82) is 0 Å². The second-order valence-electron chi connectivity index (χ2n) is 4.04. The smallest absolute Gasteiger partial charge is 0.335 e. The van der Waals surface area contributed by atoms with Gasteiger partial charge in [0.05, 0.1) is 20.0 Å². The number of nitrogens with zero attached hydrogens (tertiary/aromatic N) is 1. The molecule has 0 saturated carbocycles. The van der Waals surface area contributed by atoms with Crippen LogP contribution < -0.4 is 4.74 Å². The second kappa shape index (κ2) is 5.37. The third kappa shape index (κ3) is 2.48. The van der Waals surface area contributed by atoms with Crippen molar-refractivity contribution in [3.05, 3.63) is 51.6 Å². The minimum Gasteiger partial charge on any atom is -0.478 e. The Balaban J connectivity index is 2.02. The summed E-state index contributed by atoms with van der Waals surface area (Å²) in [6.45, 7) is 0. The predicted octanol–water partition coefficient (Wildman–Crippen LogP) is 4.39. The van der Waals surface area contributed by atoms with Crippen molar-refractivity contribution in [2.45, 2.75) is 0 Å². The molecule has 0 radical (unpaired) electrons. The van der Waals surface area contributed by atoms with Crippen LogP contribution in [0, 0.1) is 3.57 Å². The van der Waals surface area contributed by atoms with E-state index in [1.165, 1.54) is 17.6 Å². The minimum atomic E-state index is -0.972. The first kappa shape index (κ1) is 13.3. The number of rotatable bonds is 3. The Morgan fingerprint density at radius 3 is 2.85 bits per heavy atom. The van der Waals surface area contributed by atoms with Gasteiger partial charge in [0, 0.05) is 11.5 Å². The molecule has 3 rings (SSSR count). The predicted molar refractivity (Wildman–Crippen MR) is 85.8 cm³/mol. The lowest BCUT2D eigenvalue weighted by Crippen LogP contribution is -1.97. The quantitative estimate of drug-likeness (QED) is 0.666. The van der Waals surface area contributed by atoms with E-state index in [1.807, 2.05) is 24.3 Å². The molecule has 0 unspecified atom stereocenters.